The van der Waals surface area contributed by atoms with Gasteiger partial charge in [0.05, 0.1) is 18.3 Å². The molecular weight excluding hydrogens is 298 g/mol. The van der Waals surface area contributed by atoms with Crippen LogP contribution in [-0.4, -0.2) is 38.7 Å². The molecule has 7 heteroatoms. The third kappa shape index (κ3) is 3.36. The summed E-state index contributed by atoms with van der Waals surface area (Å²) in [6.07, 6.45) is 3.02. The number of nitrogens with one attached hydrogen (secondary N) is 1. The van der Waals surface area contributed by atoms with E-state index in [4.69, 9.17) is 0 Å². The number of hydrogen-bond donors (Lipinski definition) is 1. The lowest BCUT2D eigenvalue weighted by Crippen LogP contribution is -2.21. The van der Waals surface area contributed by atoms with Crippen molar-refractivity contribution in [2.75, 3.05) is 18.4 Å². The number of thiazole rings is 1. The molecule has 118 valence electrons. The maximum atomic E-state index is 11.1. The summed E-state index contributed by atoms with van der Waals surface area (Å²) >= 11 is 1.79. The standard InChI is InChI=1S/C15H21N5OS/c1-10-11(2)22-15(16-10)9-19-6-4-13(8-19)20-7-5-14(18-20)17-12(3)21/h5,7,13H,4,6,8-9H2,1-3H3,(H,17,18,21)/t13-/m1/s1. The van der Waals surface area contributed by atoms with Crippen LogP contribution in [0.3, 0.4) is 0 Å². The van der Waals surface area contributed by atoms with Gasteiger partial charge in [-0.15, -0.1) is 11.3 Å². The summed E-state index contributed by atoms with van der Waals surface area (Å²) in [6.45, 7) is 8.62. The Bertz CT molecular complexity index is 658. The summed E-state index contributed by atoms with van der Waals surface area (Å²) < 4.78 is 1.96. The Kier molecular flexibility index (Phi) is 4.26. The van der Waals surface area contributed by atoms with Crippen molar-refractivity contribution in [3.05, 3.63) is 27.8 Å². The summed E-state index contributed by atoms with van der Waals surface area (Å²) in [5, 5.41) is 8.34. The van der Waals surface area contributed by atoms with Gasteiger partial charge in [-0.3, -0.25) is 14.4 Å². The molecule has 22 heavy (non-hydrogen) atoms. The first-order valence-electron chi connectivity index (χ1n) is 7.49. The van der Waals surface area contributed by atoms with Crippen LogP contribution in [0.1, 0.15) is 35.0 Å². The molecule has 1 amide bonds. The lowest BCUT2D eigenvalue weighted by atomic mass is 10.3. The summed E-state index contributed by atoms with van der Waals surface area (Å²) in [6, 6.07) is 2.21. The molecule has 1 aliphatic heterocycles. The second-order valence-corrected chi connectivity index (χ2v) is 7.08. The Balaban J connectivity index is 1.59. The Morgan fingerprint density at radius 3 is 3.00 bits per heavy atom. The Labute approximate surface area is 134 Å². The van der Waals surface area contributed by atoms with Gasteiger partial charge in [-0.1, -0.05) is 0 Å². The first kappa shape index (κ1) is 15.2. The van der Waals surface area contributed by atoms with Gasteiger partial charge in [0, 0.05) is 37.2 Å². The van der Waals surface area contributed by atoms with Crippen molar-refractivity contribution < 1.29 is 4.79 Å². The molecule has 0 aliphatic carbocycles. The quantitative estimate of drug-likeness (QED) is 0.940. The van der Waals surface area contributed by atoms with Gasteiger partial charge in [-0.2, -0.15) is 5.10 Å². The van der Waals surface area contributed by atoms with E-state index in [-0.39, 0.29) is 5.91 Å². The van der Waals surface area contributed by atoms with E-state index in [2.05, 4.69) is 34.1 Å². The van der Waals surface area contributed by atoms with Crippen LogP contribution < -0.4 is 5.32 Å². The van der Waals surface area contributed by atoms with Crippen LogP contribution in [0.15, 0.2) is 12.3 Å². The molecule has 2 aromatic heterocycles. The minimum Gasteiger partial charge on any atom is -0.309 e. The molecule has 3 heterocycles. The number of rotatable bonds is 4. The number of amides is 1. The molecule has 2 aromatic rings. The van der Waals surface area contributed by atoms with Gasteiger partial charge in [-0.25, -0.2) is 4.98 Å². The predicted octanol–water partition coefficient (Wildman–Crippen LogP) is 2.36. The summed E-state index contributed by atoms with van der Waals surface area (Å²) in [5.74, 6) is 0.532. The second-order valence-electron chi connectivity index (χ2n) is 5.79. The zero-order valence-corrected chi connectivity index (χ0v) is 14.0. The molecule has 1 aliphatic rings. The zero-order valence-electron chi connectivity index (χ0n) is 13.2. The zero-order chi connectivity index (χ0) is 15.7. The molecule has 0 bridgehead atoms. The second kappa shape index (κ2) is 6.18. The van der Waals surface area contributed by atoms with Gasteiger partial charge in [-0.05, 0) is 20.3 Å². The largest absolute Gasteiger partial charge is 0.309 e. The van der Waals surface area contributed by atoms with E-state index < -0.39 is 0 Å². The number of nitrogens with zero attached hydrogens (tertiary/aromatic N) is 4. The Morgan fingerprint density at radius 2 is 2.32 bits per heavy atom. The van der Waals surface area contributed by atoms with Crippen LogP contribution in [0.5, 0.6) is 0 Å². The van der Waals surface area contributed by atoms with Gasteiger partial charge in [0.25, 0.3) is 0 Å². The van der Waals surface area contributed by atoms with E-state index >= 15 is 0 Å². The van der Waals surface area contributed by atoms with Crippen LogP contribution in [0.25, 0.3) is 0 Å². The van der Waals surface area contributed by atoms with Crippen molar-refractivity contribution in [1.29, 1.82) is 0 Å². The molecule has 0 spiro atoms. The molecule has 1 fully saturated rings. The maximum absolute atomic E-state index is 11.1. The average molecular weight is 319 g/mol. The molecular formula is C15H21N5OS. The highest BCUT2D eigenvalue weighted by molar-refractivity contribution is 7.11. The van der Waals surface area contributed by atoms with E-state index in [0.29, 0.717) is 11.9 Å². The SMILES string of the molecule is CC(=O)Nc1ccn([C@@H]2CCN(Cc3nc(C)c(C)s3)C2)n1. The normalized spacial score (nSPS) is 18.8. The summed E-state index contributed by atoms with van der Waals surface area (Å²) in [7, 11) is 0. The molecule has 1 N–H and O–H groups in total. The fourth-order valence-electron chi connectivity index (χ4n) is 2.76. The van der Waals surface area contributed by atoms with Crippen molar-refractivity contribution in [2.24, 2.45) is 0 Å². The lowest BCUT2D eigenvalue weighted by molar-refractivity contribution is -0.114. The molecule has 6 nitrogen and oxygen atoms in total. The fourth-order valence-corrected chi connectivity index (χ4v) is 3.73. The first-order valence-corrected chi connectivity index (χ1v) is 8.31. The van der Waals surface area contributed by atoms with Gasteiger partial charge >= 0.3 is 0 Å². The predicted molar refractivity (Wildman–Crippen MR) is 87.0 cm³/mol. The number of likely N-dealkylation sites (tertiary alicyclic amines) is 1. The smallest absolute Gasteiger partial charge is 0.222 e. The van der Waals surface area contributed by atoms with Crippen molar-refractivity contribution in [1.82, 2.24) is 19.7 Å². The minimum absolute atomic E-state index is 0.0900. The number of hydrogen-bond acceptors (Lipinski definition) is 5. The van der Waals surface area contributed by atoms with Crippen LogP contribution in [0, 0.1) is 13.8 Å². The summed E-state index contributed by atoms with van der Waals surface area (Å²) in [5.41, 5.74) is 1.14. The topological polar surface area (TPSA) is 63.1 Å². The van der Waals surface area contributed by atoms with Crippen LogP contribution in [-0.2, 0) is 11.3 Å². The number of carbonyl (C=O) groups is 1. The Hall–Kier alpha value is -1.73. The minimum atomic E-state index is -0.0900. The van der Waals surface area contributed by atoms with Gasteiger partial charge in [0.15, 0.2) is 5.82 Å². The molecule has 0 aromatic carbocycles. The van der Waals surface area contributed by atoms with Crippen LogP contribution in [0.4, 0.5) is 5.82 Å². The van der Waals surface area contributed by atoms with Crippen molar-refractivity contribution in [3.63, 3.8) is 0 Å². The monoisotopic (exact) mass is 319 g/mol. The highest BCUT2D eigenvalue weighted by atomic mass is 32.1. The first-order chi connectivity index (χ1) is 10.5. The van der Waals surface area contributed by atoms with E-state index in [1.54, 1.807) is 11.3 Å². The van der Waals surface area contributed by atoms with E-state index in [1.807, 2.05) is 16.9 Å². The van der Waals surface area contributed by atoms with Gasteiger partial charge in [0.2, 0.25) is 5.91 Å². The highest BCUT2D eigenvalue weighted by Gasteiger charge is 2.25. The number of anilines is 1. The van der Waals surface area contributed by atoms with Crippen molar-refractivity contribution in [3.8, 4) is 0 Å². The fraction of sp³-hybridized carbons (Fsp3) is 0.533. The van der Waals surface area contributed by atoms with Crippen LogP contribution in [0.2, 0.25) is 0 Å². The molecule has 3 rings (SSSR count). The lowest BCUT2D eigenvalue weighted by Gasteiger charge is -2.14. The van der Waals surface area contributed by atoms with Crippen LogP contribution >= 0.6 is 11.3 Å². The van der Waals surface area contributed by atoms with Crippen molar-refractivity contribution >= 4 is 23.1 Å². The highest BCUT2D eigenvalue weighted by Crippen LogP contribution is 2.25. The average Bonchev–Trinajstić information content (AvgIpc) is 3.12. The van der Waals surface area contributed by atoms with Gasteiger partial charge < -0.3 is 5.32 Å². The molecule has 0 unspecified atom stereocenters. The number of aromatic nitrogens is 3. The third-order valence-corrected chi connectivity index (χ3v) is 5.02. The van der Waals surface area contributed by atoms with E-state index in [9.17, 15) is 4.79 Å². The maximum Gasteiger partial charge on any atom is 0.222 e. The van der Waals surface area contributed by atoms with E-state index in [1.165, 1.54) is 16.8 Å². The Morgan fingerprint density at radius 1 is 1.50 bits per heavy atom. The van der Waals surface area contributed by atoms with E-state index in [0.717, 1.165) is 31.7 Å². The number of aryl methyl sites for hydroxylation is 2. The summed E-state index contributed by atoms with van der Waals surface area (Å²) in [4.78, 5) is 19.4. The molecule has 0 saturated carbocycles. The molecule has 1 atom stereocenters. The van der Waals surface area contributed by atoms with Crippen molar-refractivity contribution in [2.45, 2.75) is 39.8 Å². The molecule has 1 saturated heterocycles. The van der Waals surface area contributed by atoms with Gasteiger partial charge in [0.1, 0.15) is 5.01 Å². The third-order valence-electron chi connectivity index (χ3n) is 3.97. The molecule has 0 radical (unpaired) electrons. The number of carbonyl (C=O) groups excluding carboxylic acids is 1.